The van der Waals surface area contributed by atoms with Crippen molar-refractivity contribution in [1.29, 1.82) is 0 Å². The van der Waals surface area contributed by atoms with Crippen LogP contribution in [-0.2, 0) is 11.3 Å². The summed E-state index contributed by atoms with van der Waals surface area (Å²) >= 11 is 0. The number of hydrogen-bond donors (Lipinski definition) is 3. The van der Waals surface area contributed by atoms with Crippen molar-refractivity contribution in [2.24, 2.45) is 22.4 Å². The first kappa shape index (κ1) is 16.9. The van der Waals surface area contributed by atoms with Gasteiger partial charge in [0, 0.05) is 25.3 Å². The SMILES string of the molecule is C=CCNC(N)=NCc1ccccc1N1CCCC(C(N)=O)C1. The van der Waals surface area contributed by atoms with E-state index in [0.717, 1.165) is 30.6 Å². The zero-order valence-corrected chi connectivity index (χ0v) is 13.4. The molecule has 1 aliphatic rings. The van der Waals surface area contributed by atoms with Gasteiger partial charge >= 0.3 is 0 Å². The molecule has 0 saturated carbocycles. The second kappa shape index (κ2) is 8.22. The topological polar surface area (TPSA) is 96.7 Å². The summed E-state index contributed by atoms with van der Waals surface area (Å²) in [6, 6.07) is 8.07. The molecule has 1 heterocycles. The van der Waals surface area contributed by atoms with Crippen LogP contribution >= 0.6 is 0 Å². The van der Waals surface area contributed by atoms with E-state index in [9.17, 15) is 4.79 Å². The van der Waals surface area contributed by atoms with Gasteiger partial charge in [0.15, 0.2) is 5.96 Å². The fourth-order valence-corrected chi connectivity index (χ4v) is 2.78. The minimum atomic E-state index is -0.219. The normalized spacial score (nSPS) is 18.5. The molecule has 1 aromatic rings. The molecule has 0 bridgehead atoms. The van der Waals surface area contributed by atoms with E-state index in [4.69, 9.17) is 11.5 Å². The summed E-state index contributed by atoms with van der Waals surface area (Å²) in [4.78, 5) is 18.1. The number of nitrogens with zero attached hydrogens (tertiary/aromatic N) is 2. The second-order valence-corrected chi connectivity index (χ2v) is 5.69. The van der Waals surface area contributed by atoms with Crippen molar-refractivity contribution in [2.45, 2.75) is 19.4 Å². The summed E-state index contributed by atoms with van der Waals surface area (Å²) < 4.78 is 0. The van der Waals surface area contributed by atoms with E-state index >= 15 is 0 Å². The van der Waals surface area contributed by atoms with Crippen LogP contribution < -0.4 is 21.7 Å². The van der Waals surface area contributed by atoms with Crippen LogP contribution in [0.15, 0.2) is 41.9 Å². The highest BCUT2D eigenvalue weighted by Gasteiger charge is 2.25. The molecular weight excluding hydrogens is 290 g/mol. The number of anilines is 1. The molecule has 1 aromatic carbocycles. The lowest BCUT2D eigenvalue weighted by atomic mass is 9.96. The highest BCUT2D eigenvalue weighted by atomic mass is 16.1. The number of nitrogens with one attached hydrogen (secondary N) is 1. The van der Waals surface area contributed by atoms with Crippen LogP contribution in [0.25, 0.3) is 0 Å². The summed E-state index contributed by atoms with van der Waals surface area (Å²) in [5.41, 5.74) is 13.5. The van der Waals surface area contributed by atoms with Gasteiger partial charge in [0.2, 0.25) is 5.91 Å². The van der Waals surface area contributed by atoms with Gasteiger partial charge in [-0.15, -0.1) is 6.58 Å². The van der Waals surface area contributed by atoms with Crippen molar-refractivity contribution in [3.05, 3.63) is 42.5 Å². The number of benzene rings is 1. The van der Waals surface area contributed by atoms with Crippen LogP contribution in [0, 0.1) is 5.92 Å². The first-order valence-corrected chi connectivity index (χ1v) is 7.88. The molecule has 6 heteroatoms. The van der Waals surface area contributed by atoms with Crippen molar-refractivity contribution >= 4 is 17.6 Å². The van der Waals surface area contributed by atoms with Gasteiger partial charge in [0.05, 0.1) is 12.5 Å². The molecule has 2 rings (SSSR count). The van der Waals surface area contributed by atoms with Gasteiger partial charge in [-0.1, -0.05) is 24.3 Å². The molecule has 0 aliphatic carbocycles. The number of carbonyl (C=O) groups is 1. The Balaban J connectivity index is 2.10. The molecule has 1 saturated heterocycles. The van der Waals surface area contributed by atoms with Crippen LogP contribution in [-0.4, -0.2) is 31.5 Å². The highest BCUT2D eigenvalue weighted by Crippen LogP contribution is 2.26. The van der Waals surface area contributed by atoms with Crippen molar-refractivity contribution < 1.29 is 4.79 Å². The van der Waals surface area contributed by atoms with Crippen molar-refractivity contribution in [1.82, 2.24) is 5.32 Å². The Morgan fingerprint density at radius 2 is 2.22 bits per heavy atom. The van der Waals surface area contributed by atoms with Crippen LogP contribution in [0.5, 0.6) is 0 Å². The van der Waals surface area contributed by atoms with Gasteiger partial charge in [0.25, 0.3) is 0 Å². The first-order valence-electron chi connectivity index (χ1n) is 7.88. The monoisotopic (exact) mass is 315 g/mol. The van der Waals surface area contributed by atoms with E-state index in [1.165, 1.54) is 0 Å². The third-order valence-electron chi connectivity index (χ3n) is 4.00. The minimum Gasteiger partial charge on any atom is -0.370 e. The lowest BCUT2D eigenvalue weighted by molar-refractivity contribution is -0.122. The Kier molecular flexibility index (Phi) is 6.02. The van der Waals surface area contributed by atoms with Gasteiger partial charge in [0.1, 0.15) is 0 Å². The molecule has 1 atom stereocenters. The average Bonchev–Trinajstić information content (AvgIpc) is 2.58. The Labute approximate surface area is 137 Å². The minimum absolute atomic E-state index is 0.0837. The molecule has 1 amide bonds. The maximum Gasteiger partial charge on any atom is 0.222 e. The molecule has 6 nitrogen and oxygen atoms in total. The maximum atomic E-state index is 11.5. The third kappa shape index (κ3) is 4.74. The molecule has 0 aromatic heterocycles. The third-order valence-corrected chi connectivity index (χ3v) is 4.00. The number of para-hydroxylation sites is 1. The summed E-state index contributed by atoms with van der Waals surface area (Å²) in [6.07, 6.45) is 3.56. The molecule has 1 aliphatic heterocycles. The zero-order valence-electron chi connectivity index (χ0n) is 13.4. The number of guanidine groups is 1. The average molecular weight is 315 g/mol. The van der Waals surface area contributed by atoms with Gasteiger partial charge < -0.3 is 21.7 Å². The Morgan fingerprint density at radius 1 is 1.43 bits per heavy atom. The van der Waals surface area contributed by atoms with Crippen LogP contribution in [0.2, 0.25) is 0 Å². The molecule has 23 heavy (non-hydrogen) atoms. The number of aliphatic imine (C=N–C) groups is 1. The van der Waals surface area contributed by atoms with Gasteiger partial charge in [-0.3, -0.25) is 4.79 Å². The van der Waals surface area contributed by atoms with Crippen LogP contribution in [0.1, 0.15) is 18.4 Å². The Morgan fingerprint density at radius 3 is 2.96 bits per heavy atom. The van der Waals surface area contributed by atoms with Crippen LogP contribution in [0.3, 0.4) is 0 Å². The van der Waals surface area contributed by atoms with Gasteiger partial charge in [-0.2, -0.15) is 0 Å². The summed E-state index contributed by atoms with van der Waals surface area (Å²) in [6.45, 7) is 6.30. The fourth-order valence-electron chi connectivity index (χ4n) is 2.78. The van der Waals surface area contributed by atoms with Crippen LogP contribution in [0.4, 0.5) is 5.69 Å². The summed E-state index contributed by atoms with van der Waals surface area (Å²) in [5, 5.41) is 2.96. The number of nitrogens with two attached hydrogens (primary N) is 2. The molecule has 0 radical (unpaired) electrons. The molecule has 0 spiro atoms. The lowest BCUT2D eigenvalue weighted by Gasteiger charge is -2.34. The maximum absolute atomic E-state index is 11.5. The quantitative estimate of drug-likeness (QED) is 0.414. The number of primary amides is 1. The number of rotatable bonds is 6. The zero-order chi connectivity index (χ0) is 16.7. The largest absolute Gasteiger partial charge is 0.370 e. The fraction of sp³-hybridized carbons (Fsp3) is 0.412. The van der Waals surface area contributed by atoms with Crippen molar-refractivity contribution in [3.8, 4) is 0 Å². The predicted molar refractivity (Wildman–Crippen MR) is 94.1 cm³/mol. The van der Waals surface area contributed by atoms with E-state index in [2.05, 4.69) is 27.9 Å². The molecule has 5 N–H and O–H groups in total. The highest BCUT2D eigenvalue weighted by molar-refractivity contribution is 5.78. The second-order valence-electron chi connectivity index (χ2n) is 5.69. The van der Waals surface area contributed by atoms with Gasteiger partial charge in [-0.25, -0.2) is 4.99 Å². The smallest absolute Gasteiger partial charge is 0.222 e. The molecule has 124 valence electrons. The van der Waals surface area contributed by atoms with E-state index in [0.29, 0.717) is 25.6 Å². The summed E-state index contributed by atoms with van der Waals surface area (Å²) in [7, 11) is 0. The molecule has 1 unspecified atom stereocenters. The number of hydrogen-bond acceptors (Lipinski definition) is 3. The Hall–Kier alpha value is -2.50. The number of amides is 1. The number of piperidine rings is 1. The molecular formula is C17H25N5O. The van der Waals surface area contributed by atoms with E-state index < -0.39 is 0 Å². The number of carbonyl (C=O) groups excluding carboxylic acids is 1. The van der Waals surface area contributed by atoms with E-state index in [-0.39, 0.29) is 11.8 Å². The first-order chi connectivity index (χ1) is 11.1. The van der Waals surface area contributed by atoms with E-state index in [1.807, 2.05) is 18.2 Å². The van der Waals surface area contributed by atoms with Crippen molar-refractivity contribution in [3.63, 3.8) is 0 Å². The lowest BCUT2D eigenvalue weighted by Crippen LogP contribution is -2.41. The van der Waals surface area contributed by atoms with Crippen molar-refractivity contribution in [2.75, 3.05) is 24.5 Å². The summed E-state index contributed by atoms with van der Waals surface area (Å²) in [5.74, 6) is 0.0936. The molecule has 1 fully saturated rings. The van der Waals surface area contributed by atoms with Gasteiger partial charge in [-0.05, 0) is 24.5 Å². The Bertz CT molecular complexity index is 584. The standard InChI is InChI=1S/C17H25N5O/c1-2-9-20-17(19)21-11-13-6-3-4-8-15(13)22-10-5-7-14(12-22)16(18)23/h2-4,6,8,14H,1,5,7,9-12H2,(H2,18,23)(H3,19,20,21). The van der Waals surface area contributed by atoms with E-state index in [1.54, 1.807) is 6.08 Å². The predicted octanol–water partition coefficient (Wildman–Crippen LogP) is 0.979.